The first-order chi connectivity index (χ1) is 11.1. The van der Waals surface area contributed by atoms with Crippen LogP contribution in [0.1, 0.15) is 15.9 Å². The summed E-state index contributed by atoms with van der Waals surface area (Å²) in [5, 5.41) is -0.661. The molecular formula is C17H10FNO3S. The lowest BCUT2D eigenvalue weighted by atomic mass is 10.2. The molecule has 0 bridgehead atoms. The van der Waals surface area contributed by atoms with Gasteiger partial charge in [0.25, 0.3) is 11.8 Å². The topological polar surface area (TPSA) is 54.5 Å². The van der Waals surface area contributed by atoms with Crippen LogP contribution in [0.2, 0.25) is 0 Å². The van der Waals surface area contributed by atoms with Crippen molar-refractivity contribution >= 4 is 34.9 Å². The lowest BCUT2D eigenvalue weighted by Gasteiger charge is -2.10. The second-order valence-electron chi connectivity index (χ2n) is 4.74. The number of rotatable bonds is 2. The van der Waals surface area contributed by atoms with Crippen LogP contribution in [0.5, 0.6) is 0 Å². The molecule has 3 rings (SSSR count). The monoisotopic (exact) mass is 327 g/mol. The molecule has 0 unspecified atom stereocenters. The Balaban J connectivity index is 1.88. The van der Waals surface area contributed by atoms with E-state index < -0.39 is 22.9 Å². The number of hydrogen-bond acceptors (Lipinski definition) is 4. The number of thioether (sulfide) groups is 1. The molecule has 0 spiro atoms. The summed E-state index contributed by atoms with van der Waals surface area (Å²) < 4.78 is 12.9. The average Bonchev–Trinajstić information content (AvgIpc) is 2.82. The molecule has 23 heavy (non-hydrogen) atoms. The maximum atomic E-state index is 12.9. The van der Waals surface area contributed by atoms with Gasteiger partial charge in [-0.3, -0.25) is 14.4 Å². The van der Waals surface area contributed by atoms with Crippen molar-refractivity contribution in [2.75, 3.05) is 0 Å². The molecule has 1 aliphatic rings. The fraction of sp³-hybridized carbons (Fsp3) is 0. The zero-order valence-electron chi connectivity index (χ0n) is 11.7. The Morgan fingerprint density at radius 2 is 1.65 bits per heavy atom. The quantitative estimate of drug-likeness (QED) is 0.623. The van der Waals surface area contributed by atoms with Gasteiger partial charge >= 0.3 is 5.24 Å². The standard InChI is InChI=1S/C17H10FNO3S/c18-13-8-6-12(7-9-13)15(20)19-16(21)14(23-17(19)22)10-11-4-2-1-3-5-11/h1-10H/b14-10-. The van der Waals surface area contributed by atoms with E-state index in [1.165, 1.54) is 12.1 Å². The minimum absolute atomic E-state index is 0.0784. The molecule has 1 heterocycles. The Bertz CT molecular complexity index is 815. The van der Waals surface area contributed by atoms with E-state index in [0.29, 0.717) is 16.7 Å². The average molecular weight is 327 g/mol. The van der Waals surface area contributed by atoms with Gasteiger partial charge in [-0.25, -0.2) is 9.29 Å². The Kier molecular flexibility index (Phi) is 4.08. The van der Waals surface area contributed by atoms with Gasteiger partial charge in [0.1, 0.15) is 5.82 Å². The number of halogens is 1. The predicted octanol–water partition coefficient (Wildman–Crippen LogP) is 3.70. The van der Waals surface area contributed by atoms with Crippen LogP contribution < -0.4 is 0 Å². The third kappa shape index (κ3) is 3.07. The molecule has 1 fully saturated rings. The first-order valence-electron chi connectivity index (χ1n) is 6.69. The number of amides is 3. The Morgan fingerprint density at radius 1 is 1.00 bits per heavy atom. The van der Waals surface area contributed by atoms with Crippen molar-refractivity contribution in [3.63, 3.8) is 0 Å². The smallest absolute Gasteiger partial charge is 0.268 e. The van der Waals surface area contributed by atoms with Crippen molar-refractivity contribution in [3.05, 3.63) is 76.4 Å². The molecule has 1 aliphatic heterocycles. The number of hydrogen-bond donors (Lipinski definition) is 0. The summed E-state index contributed by atoms with van der Waals surface area (Å²) in [6.45, 7) is 0. The number of carbonyl (C=O) groups is 3. The van der Waals surface area contributed by atoms with Gasteiger partial charge in [-0.05, 0) is 47.7 Å². The largest absolute Gasteiger partial charge is 0.300 e. The van der Waals surface area contributed by atoms with Gasteiger partial charge in [-0.1, -0.05) is 30.3 Å². The van der Waals surface area contributed by atoms with E-state index in [2.05, 4.69) is 0 Å². The number of carbonyl (C=O) groups excluding carboxylic acids is 3. The molecular weight excluding hydrogens is 317 g/mol. The second kappa shape index (κ2) is 6.18. The zero-order valence-corrected chi connectivity index (χ0v) is 12.5. The molecule has 0 radical (unpaired) electrons. The summed E-state index contributed by atoms with van der Waals surface area (Å²) in [7, 11) is 0. The van der Waals surface area contributed by atoms with Crippen molar-refractivity contribution in [2.45, 2.75) is 0 Å². The van der Waals surface area contributed by atoms with Gasteiger partial charge in [0.2, 0.25) is 0 Å². The SMILES string of the molecule is O=C1S/C(=C\c2ccccc2)C(=O)N1C(=O)c1ccc(F)cc1. The molecule has 2 aromatic rings. The minimum atomic E-state index is -0.760. The third-order valence-corrected chi connectivity index (χ3v) is 4.05. The first-order valence-corrected chi connectivity index (χ1v) is 7.51. The second-order valence-corrected chi connectivity index (χ2v) is 5.73. The van der Waals surface area contributed by atoms with Crippen LogP contribution in [0.25, 0.3) is 6.08 Å². The van der Waals surface area contributed by atoms with Gasteiger partial charge in [-0.2, -0.15) is 0 Å². The van der Waals surface area contributed by atoms with E-state index in [4.69, 9.17) is 0 Å². The van der Waals surface area contributed by atoms with Crippen LogP contribution in [-0.2, 0) is 4.79 Å². The van der Waals surface area contributed by atoms with Gasteiger partial charge in [0, 0.05) is 5.56 Å². The molecule has 0 aliphatic carbocycles. The number of imide groups is 3. The molecule has 1 saturated heterocycles. The lowest BCUT2D eigenvalue weighted by Crippen LogP contribution is -2.34. The number of nitrogens with zero attached hydrogens (tertiary/aromatic N) is 1. The summed E-state index contributed by atoms with van der Waals surface area (Å²) in [5.74, 6) is -1.93. The molecule has 114 valence electrons. The van der Waals surface area contributed by atoms with Crippen molar-refractivity contribution in [1.82, 2.24) is 4.90 Å². The van der Waals surface area contributed by atoms with Crippen molar-refractivity contribution in [2.24, 2.45) is 0 Å². The fourth-order valence-corrected chi connectivity index (χ4v) is 2.88. The first kappa shape index (κ1) is 15.2. The number of benzene rings is 2. The normalized spacial score (nSPS) is 16.2. The van der Waals surface area contributed by atoms with E-state index >= 15 is 0 Å². The highest BCUT2D eigenvalue weighted by molar-refractivity contribution is 8.18. The molecule has 0 N–H and O–H groups in total. The van der Waals surface area contributed by atoms with Crippen molar-refractivity contribution < 1.29 is 18.8 Å². The van der Waals surface area contributed by atoms with Crippen LogP contribution in [0, 0.1) is 5.82 Å². The van der Waals surface area contributed by atoms with E-state index in [-0.39, 0.29) is 10.5 Å². The van der Waals surface area contributed by atoms with Gasteiger partial charge in [0.15, 0.2) is 0 Å². The van der Waals surface area contributed by atoms with Gasteiger partial charge in [-0.15, -0.1) is 0 Å². The minimum Gasteiger partial charge on any atom is -0.268 e. The molecule has 0 aromatic heterocycles. The summed E-state index contributed by atoms with van der Waals surface area (Å²) in [6, 6.07) is 13.7. The van der Waals surface area contributed by atoms with Crippen LogP contribution in [0.3, 0.4) is 0 Å². The Morgan fingerprint density at radius 3 is 2.30 bits per heavy atom. The highest BCUT2D eigenvalue weighted by Gasteiger charge is 2.40. The predicted molar refractivity (Wildman–Crippen MR) is 85.0 cm³/mol. The summed E-state index contributed by atoms with van der Waals surface area (Å²) in [5.41, 5.74) is 0.835. The fourth-order valence-electron chi connectivity index (χ4n) is 2.07. The molecule has 0 saturated carbocycles. The molecule has 4 nitrogen and oxygen atoms in total. The van der Waals surface area contributed by atoms with Gasteiger partial charge < -0.3 is 0 Å². The summed E-state index contributed by atoms with van der Waals surface area (Å²) in [4.78, 5) is 37.4. The highest BCUT2D eigenvalue weighted by atomic mass is 32.2. The van der Waals surface area contributed by atoms with Crippen LogP contribution >= 0.6 is 11.8 Å². The van der Waals surface area contributed by atoms with E-state index in [9.17, 15) is 18.8 Å². The van der Waals surface area contributed by atoms with Crippen molar-refractivity contribution in [1.29, 1.82) is 0 Å². The molecule has 2 aromatic carbocycles. The zero-order chi connectivity index (χ0) is 16.4. The maximum absolute atomic E-state index is 12.9. The van der Waals surface area contributed by atoms with Crippen LogP contribution in [0.15, 0.2) is 59.5 Å². The summed E-state index contributed by atoms with van der Waals surface area (Å²) >= 11 is 0.706. The highest BCUT2D eigenvalue weighted by Crippen LogP contribution is 2.33. The molecule has 6 heteroatoms. The van der Waals surface area contributed by atoms with E-state index in [1.807, 2.05) is 6.07 Å². The third-order valence-electron chi connectivity index (χ3n) is 3.19. The summed E-state index contributed by atoms with van der Waals surface area (Å²) in [6.07, 6.45) is 1.56. The van der Waals surface area contributed by atoms with Crippen LogP contribution in [-0.4, -0.2) is 22.0 Å². The van der Waals surface area contributed by atoms with E-state index in [1.54, 1.807) is 30.3 Å². The molecule has 3 amide bonds. The lowest BCUT2D eigenvalue weighted by molar-refractivity contribution is -0.120. The van der Waals surface area contributed by atoms with E-state index in [0.717, 1.165) is 17.7 Å². The van der Waals surface area contributed by atoms with Crippen LogP contribution in [0.4, 0.5) is 9.18 Å². The Hall–Kier alpha value is -2.73. The Labute approximate surface area is 135 Å². The van der Waals surface area contributed by atoms with Crippen molar-refractivity contribution in [3.8, 4) is 0 Å². The van der Waals surface area contributed by atoms with Gasteiger partial charge in [0.05, 0.1) is 4.91 Å². The molecule has 0 atom stereocenters. The maximum Gasteiger partial charge on any atom is 0.300 e.